The van der Waals surface area contributed by atoms with Crippen LogP contribution in [-0.4, -0.2) is 25.5 Å². The molecule has 0 amide bonds. The summed E-state index contributed by atoms with van der Waals surface area (Å²) in [4.78, 5) is 4.34. The topological polar surface area (TPSA) is 50.9 Å². The van der Waals surface area contributed by atoms with Gasteiger partial charge in [-0.15, -0.1) is 0 Å². The summed E-state index contributed by atoms with van der Waals surface area (Å²) in [5.41, 5.74) is -0.577. The maximum atomic E-state index is 10.9. The molecule has 1 fully saturated rings. The summed E-state index contributed by atoms with van der Waals surface area (Å²) in [6.07, 6.45) is 7.71. The molecule has 0 radical (unpaired) electrons. The van der Waals surface area contributed by atoms with Crippen LogP contribution in [0.2, 0.25) is 0 Å². The zero-order valence-corrected chi connectivity index (χ0v) is 11.8. The summed E-state index contributed by atoms with van der Waals surface area (Å²) in [5.74, 6) is 1.33. The molecule has 1 aliphatic rings. The van der Waals surface area contributed by atoms with E-state index in [9.17, 15) is 5.11 Å². The number of aromatic nitrogens is 3. The van der Waals surface area contributed by atoms with Gasteiger partial charge in [-0.05, 0) is 32.6 Å². The molecule has 4 heteroatoms. The van der Waals surface area contributed by atoms with E-state index >= 15 is 0 Å². The molecule has 18 heavy (non-hydrogen) atoms. The highest BCUT2D eigenvalue weighted by Gasteiger charge is 2.39. The minimum atomic E-state index is -0.577. The fourth-order valence-electron chi connectivity index (χ4n) is 3.22. The summed E-state index contributed by atoms with van der Waals surface area (Å²) >= 11 is 0. The van der Waals surface area contributed by atoms with Crippen LogP contribution >= 0.6 is 0 Å². The zero-order valence-electron chi connectivity index (χ0n) is 11.8. The molecule has 1 heterocycles. The van der Waals surface area contributed by atoms with Crippen molar-refractivity contribution in [2.75, 3.05) is 0 Å². The lowest BCUT2D eigenvalue weighted by atomic mass is 9.72. The predicted molar refractivity (Wildman–Crippen MR) is 71.3 cm³/mol. The highest BCUT2D eigenvalue weighted by molar-refractivity contribution is 5.00. The monoisotopic (exact) mass is 251 g/mol. The van der Waals surface area contributed by atoms with E-state index < -0.39 is 5.60 Å². The molecule has 2 atom stereocenters. The molecule has 102 valence electrons. The third-order valence-electron chi connectivity index (χ3n) is 4.27. The van der Waals surface area contributed by atoms with Crippen molar-refractivity contribution < 1.29 is 5.11 Å². The highest BCUT2D eigenvalue weighted by atomic mass is 16.3. The van der Waals surface area contributed by atoms with Crippen LogP contribution in [0.25, 0.3) is 0 Å². The lowest BCUT2D eigenvalue weighted by Gasteiger charge is -2.39. The normalized spacial score (nSPS) is 28.8. The SMILES string of the molecule is CCC1CCCCC1(O)Cc1ncnn1C(C)C. The minimum absolute atomic E-state index is 0.301. The molecular formula is C14H25N3O. The molecular weight excluding hydrogens is 226 g/mol. The van der Waals surface area contributed by atoms with E-state index in [1.165, 1.54) is 6.42 Å². The molecule has 1 aromatic rings. The van der Waals surface area contributed by atoms with Crippen LogP contribution in [0.5, 0.6) is 0 Å². The van der Waals surface area contributed by atoms with E-state index in [-0.39, 0.29) is 0 Å². The zero-order chi connectivity index (χ0) is 13.2. The van der Waals surface area contributed by atoms with Crippen molar-refractivity contribution in [3.05, 3.63) is 12.2 Å². The van der Waals surface area contributed by atoms with E-state index in [1.54, 1.807) is 6.33 Å². The Bertz CT molecular complexity index is 388. The van der Waals surface area contributed by atoms with Crippen molar-refractivity contribution in [3.63, 3.8) is 0 Å². The quantitative estimate of drug-likeness (QED) is 0.895. The lowest BCUT2D eigenvalue weighted by Crippen LogP contribution is -2.43. The van der Waals surface area contributed by atoms with Crippen LogP contribution in [-0.2, 0) is 6.42 Å². The van der Waals surface area contributed by atoms with Crippen LogP contribution in [0, 0.1) is 5.92 Å². The van der Waals surface area contributed by atoms with Gasteiger partial charge < -0.3 is 5.11 Å². The summed E-state index contributed by atoms with van der Waals surface area (Å²) in [6.45, 7) is 6.37. The first-order chi connectivity index (χ1) is 8.57. The molecule has 0 spiro atoms. The summed E-state index contributed by atoms with van der Waals surface area (Å²) in [5, 5.41) is 15.2. The average Bonchev–Trinajstić information content (AvgIpc) is 2.77. The second kappa shape index (κ2) is 5.39. The van der Waals surface area contributed by atoms with E-state index in [2.05, 4.69) is 30.9 Å². The molecule has 0 aromatic carbocycles. The van der Waals surface area contributed by atoms with Gasteiger partial charge in [0.25, 0.3) is 0 Å². The summed E-state index contributed by atoms with van der Waals surface area (Å²) in [7, 11) is 0. The van der Waals surface area contributed by atoms with Gasteiger partial charge in [-0.3, -0.25) is 0 Å². The molecule has 4 nitrogen and oxygen atoms in total. The van der Waals surface area contributed by atoms with Gasteiger partial charge in [0.1, 0.15) is 12.2 Å². The fourth-order valence-corrected chi connectivity index (χ4v) is 3.22. The molecule has 2 unspecified atom stereocenters. The Hall–Kier alpha value is -0.900. The number of hydrogen-bond acceptors (Lipinski definition) is 3. The Labute approximate surface area is 109 Å². The van der Waals surface area contributed by atoms with Crippen LogP contribution in [0.15, 0.2) is 6.33 Å². The largest absolute Gasteiger partial charge is 0.389 e. The highest BCUT2D eigenvalue weighted by Crippen LogP contribution is 2.38. The third-order valence-corrected chi connectivity index (χ3v) is 4.27. The second-order valence-corrected chi connectivity index (χ2v) is 5.85. The van der Waals surface area contributed by atoms with Crippen molar-refractivity contribution in [2.24, 2.45) is 5.92 Å². The van der Waals surface area contributed by atoms with E-state index in [1.807, 2.05) is 4.68 Å². The fraction of sp³-hybridized carbons (Fsp3) is 0.857. The van der Waals surface area contributed by atoms with Gasteiger partial charge in [0.2, 0.25) is 0 Å². The number of rotatable bonds is 4. The number of nitrogens with zero attached hydrogens (tertiary/aromatic N) is 3. The summed E-state index contributed by atoms with van der Waals surface area (Å²) < 4.78 is 1.93. The molecule has 0 bridgehead atoms. The average molecular weight is 251 g/mol. The Morgan fingerprint density at radius 1 is 1.50 bits per heavy atom. The van der Waals surface area contributed by atoms with Crippen molar-refractivity contribution in [1.29, 1.82) is 0 Å². The third kappa shape index (κ3) is 2.58. The Morgan fingerprint density at radius 3 is 2.94 bits per heavy atom. The predicted octanol–water partition coefficient (Wildman–Crippen LogP) is 2.73. The van der Waals surface area contributed by atoms with E-state index in [0.29, 0.717) is 18.4 Å². The first-order valence-electron chi connectivity index (χ1n) is 7.17. The van der Waals surface area contributed by atoms with Crippen molar-refractivity contribution >= 4 is 0 Å². The first kappa shape index (κ1) is 13.5. The Kier molecular flexibility index (Phi) is 4.05. The van der Waals surface area contributed by atoms with Gasteiger partial charge in [-0.25, -0.2) is 9.67 Å². The molecule has 1 N–H and O–H groups in total. The Morgan fingerprint density at radius 2 is 2.28 bits per heavy atom. The molecule has 0 aliphatic heterocycles. The van der Waals surface area contributed by atoms with Crippen molar-refractivity contribution in [3.8, 4) is 0 Å². The Balaban J connectivity index is 2.17. The van der Waals surface area contributed by atoms with Crippen LogP contribution in [0.1, 0.15) is 64.7 Å². The van der Waals surface area contributed by atoms with E-state index in [0.717, 1.165) is 31.5 Å². The minimum Gasteiger partial charge on any atom is -0.389 e. The molecule has 0 saturated heterocycles. The van der Waals surface area contributed by atoms with E-state index in [4.69, 9.17) is 0 Å². The first-order valence-corrected chi connectivity index (χ1v) is 7.17. The second-order valence-electron chi connectivity index (χ2n) is 5.85. The van der Waals surface area contributed by atoms with Crippen molar-refractivity contribution in [2.45, 2.75) is 70.9 Å². The van der Waals surface area contributed by atoms with Gasteiger partial charge in [-0.1, -0.05) is 26.2 Å². The molecule has 2 rings (SSSR count). The lowest BCUT2D eigenvalue weighted by molar-refractivity contribution is -0.0513. The molecule has 1 aliphatic carbocycles. The van der Waals surface area contributed by atoms with Crippen molar-refractivity contribution in [1.82, 2.24) is 14.8 Å². The number of aliphatic hydroxyl groups is 1. The molecule has 1 saturated carbocycles. The molecule has 1 aromatic heterocycles. The smallest absolute Gasteiger partial charge is 0.138 e. The van der Waals surface area contributed by atoms with Crippen LogP contribution in [0.3, 0.4) is 0 Å². The van der Waals surface area contributed by atoms with Gasteiger partial charge >= 0.3 is 0 Å². The van der Waals surface area contributed by atoms with Gasteiger partial charge in [-0.2, -0.15) is 5.10 Å². The van der Waals surface area contributed by atoms with Crippen LogP contribution in [0.4, 0.5) is 0 Å². The van der Waals surface area contributed by atoms with Crippen LogP contribution < -0.4 is 0 Å². The number of hydrogen-bond donors (Lipinski definition) is 1. The standard InChI is InChI=1S/C14H25N3O/c1-4-12-7-5-6-8-14(12,18)9-13-15-10-16-17(13)11(2)3/h10-12,18H,4-9H2,1-3H3. The maximum absolute atomic E-state index is 10.9. The maximum Gasteiger partial charge on any atom is 0.138 e. The van der Waals surface area contributed by atoms with Gasteiger partial charge in [0, 0.05) is 12.5 Å². The van der Waals surface area contributed by atoms with Gasteiger partial charge in [0.05, 0.1) is 5.60 Å². The van der Waals surface area contributed by atoms with Gasteiger partial charge in [0.15, 0.2) is 0 Å². The summed E-state index contributed by atoms with van der Waals surface area (Å²) in [6, 6.07) is 0.301.